The predicted molar refractivity (Wildman–Crippen MR) is 84.5 cm³/mol. The first-order valence-electron chi connectivity index (χ1n) is 7.96. The second-order valence-electron chi connectivity index (χ2n) is 6.02. The Labute approximate surface area is 137 Å². The number of rotatable bonds is 4. The summed E-state index contributed by atoms with van der Waals surface area (Å²) in [5, 5.41) is 7.35. The molecule has 7 heteroatoms. The fourth-order valence-corrected chi connectivity index (χ4v) is 3.00. The number of nitrogens with zero attached hydrogens (tertiary/aromatic N) is 2. The SMILES string of the molecule is O=Cc1cn(C2CCCCC2)nc1Nc1ccc(C(F)(F)F)cc1. The number of anilines is 2. The van der Waals surface area contributed by atoms with Crippen LogP contribution in [-0.2, 0) is 6.18 Å². The number of alkyl halides is 3. The molecule has 1 aromatic carbocycles. The van der Waals surface area contributed by atoms with Crippen molar-refractivity contribution in [1.82, 2.24) is 9.78 Å². The van der Waals surface area contributed by atoms with Crippen LogP contribution in [0, 0.1) is 0 Å². The highest BCUT2D eigenvalue weighted by molar-refractivity contribution is 5.83. The van der Waals surface area contributed by atoms with Gasteiger partial charge < -0.3 is 5.32 Å². The van der Waals surface area contributed by atoms with Gasteiger partial charge in [-0.05, 0) is 37.1 Å². The number of aldehydes is 1. The zero-order chi connectivity index (χ0) is 17.2. The molecule has 0 spiro atoms. The molecule has 3 rings (SSSR count). The summed E-state index contributed by atoms with van der Waals surface area (Å²) in [5.41, 5.74) is 0.150. The Morgan fingerprint density at radius 2 is 1.79 bits per heavy atom. The third kappa shape index (κ3) is 3.60. The van der Waals surface area contributed by atoms with Crippen molar-refractivity contribution < 1.29 is 18.0 Å². The lowest BCUT2D eigenvalue weighted by Crippen LogP contribution is -2.13. The van der Waals surface area contributed by atoms with Gasteiger partial charge in [0.1, 0.15) is 0 Å². The molecule has 128 valence electrons. The largest absolute Gasteiger partial charge is 0.416 e. The first-order chi connectivity index (χ1) is 11.5. The van der Waals surface area contributed by atoms with E-state index in [9.17, 15) is 18.0 Å². The second kappa shape index (κ2) is 6.67. The summed E-state index contributed by atoms with van der Waals surface area (Å²) in [6.45, 7) is 0. The molecule has 1 N–H and O–H groups in total. The molecule has 1 saturated carbocycles. The van der Waals surface area contributed by atoms with Gasteiger partial charge in [0.15, 0.2) is 12.1 Å². The summed E-state index contributed by atoms with van der Waals surface area (Å²) >= 11 is 0. The zero-order valence-corrected chi connectivity index (χ0v) is 13.0. The minimum atomic E-state index is -4.37. The quantitative estimate of drug-likeness (QED) is 0.802. The molecule has 0 unspecified atom stereocenters. The molecule has 1 aliphatic rings. The van der Waals surface area contributed by atoms with E-state index in [1.807, 2.05) is 0 Å². The molecule has 1 aliphatic carbocycles. The molecule has 4 nitrogen and oxygen atoms in total. The van der Waals surface area contributed by atoms with E-state index in [-0.39, 0.29) is 6.04 Å². The Balaban J connectivity index is 1.79. The van der Waals surface area contributed by atoms with Crippen molar-refractivity contribution >= 4 is 17.8 Å². The highest BCUT2D eigenvalue weighted by Crippen LogP contribution is 2.32. The topological polar surface area (TPSA) is 46.9 Å². The fourth-order valence-electron chi connectivity index (χ4n) is 3.00. The van der Waals surface area contributed by atoms with Crippen molar-refractivity contribution in [2.75, 3.05) is 5.32 Å². The Hall–Kier alpha value is -2.31. The predicted octanol–water partition coefficient (Wildman–Crippen LogP) is 4.96. The van der Waals surface area contributed by atoms with Crippen LogP contribution in [0.25, 0.3) is 0 Å². The summed E-state index contributed by atoms with van der Waals surface area (Å²) in [7, 11) is 0. The number of carbonyl (C=O) groups is 1. The minimum Gasteiger partial charge on any atom is -0.338 e. The number of halogens is 3. The van der Waals surface area contributed by atoms with Crippen molar-refractivity contribution in [3.8, 4) is 0 Å². The Morgan fingerprint density at radius 3 is 2.38 bits per heavy atom. The van der Waals surface area contributed by atoms with Gasteiger partial charge in [0.2, 0.25) is 0 Å². The Kier molecular flexibility index (Phi) is 4.59. The molecular formula is C17H18F3N3O. The summed E-state index contributed by atoms with van der Waals surface area (Å²) in [6, 6.07) is 4.94. The van der Waals surface area contributed by atoms with Crippen molar-refractivity contribution in [3.05, 3.63) is 41.6 Å². The molecule has 2 aromatic rings. The summed E-state index contributed by atoms with van der Waals surface area (Å²) in [4.78, 5) is 11.3. The van der Waals surface area contributed by atoms with Crippen LogP contribution in [0.4, 0.5) is 24.7 Å². The molecule has 1 fully saturated rings. The van der Waals surface area contributed by atoms with Crippen molar-refractivity contribution in [3.63, 3.8) is 0 Å². The van der Waals surface area contributed by atoms with Crippen molar-refractivity contribution in [2.45, 2.75) is 44.3 Å². The highest BCUT2D eigenvalue weighted by Gasteiger charge is 2.30. The van der Waals surface area contributed by atoms with E-state index in [4.69, 9.17) is 0 Å². The molecule has 0 amide bonds. The lowest BCUT2D eigenvalue weighted by molar-refractivity contribution is -0.137. The third-order valence-corrected chi connectivity index (χ3v) is 4.31. The number of benzene rings is 1. The maximum atomic E-state index is 12.6. The molecular weight excluding hydrogens is 319 g/mol. The molecule has 1 heterocycles. The van der Waals surface area contributed by atoms with Gasteiger partial charge in [0.05, 0.1) is 17.2 Å². The summed E-state index contributed by atoms with van der Waals surface area (Å²) < 4.78 is 39.6. The van der Waals surface area contributed by atoms with Crippen LogP contribution in [0.1, 0.15) is 54.1 Å². The smallest absolute Gasteiger partial charge is 0.338 e. The summed E-state index contributed by atoms with van der Waals surface area (Å²) in [5.74, 6) is 0.371. The number of hydrogen-bond donors (Lipinski definition) is 1. The Morgan fingerprint density at radius 1 is 1.12 bits per heavy atom. The number of aromatic nitrogens is 2. The number of hydrogen-bond acceptors (Lipinski definition) is 3. The second-order valence-corrected chi connectivity index (χ2v) is 6.02. The maximum absolute atomic E-state index is 12.6. The lowest BCUT2D eigenvalue weighted by atomic mass is 9.96. The zero-order valence-electron chi connectivity index (χ0n) is 13.0. The van der Waals surface area contributed by atoms with E-state index in [0.29, 0.717) is 23.4 Å². The average molecular weight is 337 g/mol. The van der Waals surface area contributed by atoms with Crippen LogP contribution < -0.4 is 5.32 Å². The van der Waals surface area contributed by atoms with E-state index >= 15 is 0 Å². The van der Waals surface area contributed by atoms with Gasteiger partial charge in [0, 0.05) is 11.9 Å². The molecule has 0 atom stereocenters. The summed E-state index contributed by atoms with van der Waals surface area (Å²) in [6.07, 6.45) is 3.60. The third-order valence-electron chi connectivity index (χ3n) is 4.31. The van der Waals surface area contributed by atoms with Crippen LogP contribution >= 0.6 is 0 Å². The normalized spacial score (nSPS) is 16.1. The lowest BCUT2D eigenvalue weighted by Gasteiger charge is -2.21. The Bertz CT molecular complexity index is 701. The van der Waals surface area contributed by atoms with Crippen LogP contribution in [0.5, 0.6) is 0 Å². The van der Waals surface area contributed by atoms with Crippen molar-refractivity contribution in [1.29, 1.82) is 0 Å². The van der Waals surface area contributed by atoms with E-state index in [1.165, 1.54) is 18.6 Å². The van der Waals surface area contributed by atoms with Gasteiger partial charge in [-0.1, -0.05) is 19.3 Å². The van der Waals surface area contributed by atoms with Crippen LogP contribution in [-0.4, -0.2) is 16.1 Å². The average Bonchev–Trinajstić information content (AvgIpc) is 2.98. The van der Waals surface area contributed by atoms with Crippen LogP contribution in [0.3, 0.4) is 0 Å². The van der Waals surface area contributed by atoms with Gasteiger partial charge in [-0.3, -0.25) is 9.48 Å². The van der Waals surface area contributed by atoms with Crippen LogP contribution in [0.15, 0.2) is 30.5 Å². The molecule has 0 bridgehead atoms. The molecule has 0 saturated heterocycles. The minimum absolute atomic E-state index is 0.278. The first-order valence-corrected chi connectivity index (χ1v) is 7.96. The van der Waals surface area contributed by atoms with Crippen molar-refractivity contribution in [2.24, 2.45) is 0 Å². The highest BCUT2D eigenvalue weighted by atomic mass is 19.4. The van der Waals surface area contributed by atoms with E-state index in [2.05, 4.69) is 10.4 Å². The first kappa shape index (κ1) is 16.5. The molecule has 0 radical (unpaired) electrons. The maximum Gasteiger partial charge on any atom is 0.416 e. The number of carbonyl (C=O) groups excluding carboxylic acids is 1. The van der Waals surface area contributed by atoms with Gasteiger partial charge >= 0.3 is 6.18 Å². The molecule has 1 aromatic heterocycles. The molecule has 24 heavy (non-hydrogen) atoms. The van der Waals surface area contributed by atoms with E-state index in [1.54, 1.807) is 10.9 Å². The van der Waals surface area contributed by atoms with Gasteiger partial charge in [-0.25, -0.2) is 0 Å². The van der Waals surface area contributed by atoms with Gasteiger partial charge in [0.25, 0.3) is 0 Å². The fraction of sp³-hybridized carbons (Fsp3) is 0.412. The monoisotopic (exact) mass is 337 g/mol. The number of nitrogens with one attached hydrogen (secondary N) is 1. The van der Waals surface area contributed by atoms with Gasteiger partial charge in [-0.15, -0.1) is 0 Å². The van der Waals surface area contributed by atoms with Gasteiger partial charge in [-0.2, -0.15) is 18.3 Å². The molecule has 0 aliphatic heterocycles. The van der Waals surface area contributed by atoms with E-state index < -0.39 is 11.7 Å². The van der Waals surface area contributed by atoms with E-state index in [0.717, 1.165) is 37.8 Å². The standard InChI is InChI=1S/C17H18F3N3O/c18-17(19,20)13-6-8-14(9-7-13)21-16-12(11-24)10-23(22-16)15-4-2-1-3-5-15/h6-11,15H,1-5H2,(H,21,22). The van der Waals surface area contributed by atoms with Crippen LogP contribution in [0.2, 0.25) is 0 Å².